The Balaban J connectivity index is 2.14. The minimum Gasteiger partial charge on any atom is -0.360 e. The largest absolute Gasteiger partial charge is 0.360 e. The van der Waals surface area contributed by atoms with Crippen LogP contribution in [0.4, 0.5) is 0 Å². The number of aryl methyl sites for hydroxylation is 1. The third-order valence-electron chi connectivity index (χ3n) is 3.08. The van der Waals surface area contributed by atoms with Crippen molar-refractivity contribution in [1.29, 1.82) is 5.26 Å². The molecule has 0 spiro atoms. The van der Waals surface area contributed by atoms with E-state index in [-0.39, 0.29) is 0 Å². The van der Waals surface area contributed by atoms with Crippen LogP contribution in [0, 0.1) is 18.3 Å². The van der Waals surface area contributed by atoms with Crippen LogP contribution in [0.1, 0.15) is 11.5 Å². The molecular formula is C16H11N3O. The van der Waals surface area contributed by atoms with Crippen molar-refractivity contribution in [3.8, 4) is 28.5 Å². The minimum absolute atomic E-state index is 0.393. The topological polar surface area (TPSA) is 62.7 Å². The third kappa shape index (κ3) is 2.06. The van der Waals surface area contributed by atoms with Gasteiger partial charge in [0.05, 0.1) is 5.56 Å². The van der Waals surface area contributed by atoms with Crippen LogP contribution in [-0.2, 0) is 0 Å². The van der Waals surface area contributed by atoms with Crippen LogP contribution in [0.25, 0.3) is 22.4 Å². The first kappa shape index (κ1) is 12.1. The van der Waals surface area contributed by atoms with Crippen molar-refractivity contribution in [2.24, 2.45) is 0 Å². The Labute approximate surface area is 116 Å². The average Bonchev–Trinajstić information content (AvgIpc) is 2.90. The summed E-state index contributed by atoms with van der Waals surface area (Å²) in [6.45, 7) is 1.87. The van der Waals surface area contributed by atoms with E-state index in [4.69, 9.17) is 9.78 Å². The number of aromatic nitrogens is 2. The lowest BCUT2D eigenvalue weighted by molar-refractivity contribution is 0.400. The Morgan fingerprint density at radius 1 is 1.05 bits per heavy atom. The van der Waals surface area contributed by atoms with Gasteiger partial charge in [0.2, 0.25) is 0 Å². The summed E-state index contributed by atoms with van der Waals surface area (Å²) < 4.78 is 5.32. The van der Waals surface area contributed by atoms with Gasteiger partial charge in [-0.05, 0) is 19.1 Å². The normalized spacial score (nSPS) is 10.2. The molecule has 0 saturated carbocycles. The summed E-state index contributed by atoms with van der Waals surface area (Å²) in [5.74, 6) is 0.732. The molecule has 20 heavy (non-hydrogen) atoms. The lowest BCUT2D eigenvalue weighted by Gasteiger charge is -2.02. The maximum Gasteiger partial charge on any atom is 0.142 e. The number of nitriles is 1. The summed E-state index contributed by atoms with van der Waals surface area (Å²) in [4.78, 5) is 4.10. The molecule has 3 aromatic rings. The Morgan fingerprint density at radius 2 is 1.85 bits per heavy atom. The SMILES string of the molecule is Cc1onc(-c2ccccc2)c1-c1ccc(C#N)nc1. The predicted octanol–water partition coefficient (Wildman–Crippen LogP) is 3.58. The van der Waals surface area contributed by atoms with Crippen LogP contribution in [-0.4, -0.2) is 10.1 Å². The number of hydrogen-bond donors (Lipinski definition) is 0. The average molecular weight is 261 g/mol. The first-order valence-electron chi connectivity index (χ1n) is 6.18. The second kappa shape index (κ2) is 4.98. The van der Waals surface area contributed by atoms with Gasteiger partial charge in [-0.3, -0.25) is 0 Å². The summed E-state index contributed by atoms with van der Waals surface area (Å²) in [5, 5.41) is 12.9. The molecule has 4 nitrogen and oxygen atoms in total. The molecule has 1 aromatic carbocycles. The molecule has 2 heterocycles. The standard InChI is InChI=1S/C16H11N3O/c1-11-15(13-7-8-14(9-17)18-10-13)16(19-20-11)12-5-3-2-4-6-12/h2-8,10H,1H3. The lowest BCUT2D eigenvalue weighted by atomic mass is 10.0. The van der Waals surface area contributed by atoms with Gasteiger partial charge >= 0.3 is 0 Å². The lowest BCUT2D eigenvalue weighted by Crippen LogP contribution is -1.87. The Kier molecular flexibility index (Phi) is 3.02. The van der Waals surface area contributed by atoms with E-state index >= 15 is 0 Å². The van der Waals surface area contributed by atoms with Crippen molar-refractivity contribution in [3.63, 3.8) is 0 Å². The highest BCUT2D eigenvalue weighted by Crippen LogP contribution is 2.33. The van der Waals surface area contributed by atoms with Crippen molar-refractivity contribution in [2.75, 3.05) is 0 Å². The first-order chi connectivity index (χ1) is 9.79. The molecule has 0 N–H and O–H groups in total. The molecule has 0 saturated heterocycles. The molecule has 0 fully saturated rings. The number of pyridine rings is 1. The van der Waals surface area contributed by atoms with E-state index in [1.807, 2.05) is 49.4 Å². The summed E-state index contributed by atoms with van der Waals surface area (Å²) in [5.41, 5.74) is 3.97. The smallest absolute Gasteiger partial charge is 0.142 e. The summed E-state index contributed by atoms with van der Waals surface area (Å²) in [6, 6.07) is 15.4. The quantitative estimate of drug-likeness (QED) is 0.707. The fourth-order valence-corrected chi connectivity index (χ4v) is 2.11. The van der Waals surface area contributed by atoms with Crippen LogP contribution in [0.2, 0.25) is 0 Å². The number of nitrogens with zero attached hydrogens (tertiary/aromatic N) is 3. The first-order valence-corrected chi connectivity index (χ1v) is 6.18. The molecule has 0 radical (unpaired) electrons. The zero-order valence-corrected chi connectivity index (χ0v) is 10.9. The van der Waals surface area contributed by atoms with Gasteiger partial charge in [-0.25, -0.2) is 4.98 Å². The van der Waals surface area contributed by atoms with E-state index in [1.165, 1.54) is 0 Å². The van der Waals surface area contributed by atoms with E-state index in [2.05, 4.69) is 10.1 Å². The molecule has 96 valence electrons. The highest BCUT2D eigenvalue weighted by molar-refractivity contribution is 5.81. The molecular weight excluding hydrogens is 250 g/mol. The van der Waals surface area contributed by atoms with Crippen molar-refractivity contribution in [1.82, 2.24) is 10.1 Å². The molecule has 0 aliphatic heterocycles. The molecule has 0 aliphatic rings. The van der Waals surface area contributed by atoms with Gasteiger partial charge in [-0.15, -0.1) is 0 Å². The third-order valence-corrected chi connectivity index (χ3v) is 3.08. The number of rotatable bonds is 2. The summed E-state index contributed by atoms with van der Waals surface area (Å²) in [6.07, 6.45) is 1.67. The molecule has 4 heteroatoms. The summed E-state index contributed by atoms with van der Waals surface area (Å²) >= 11 is 0. The second-order valence-electron chi connectivity index (χ2n) is 4.37. The van der Waals surface area contributed by atoms with E-state index in [0.29, 0.717) is 5.69 Å². The van der Waals surface area contributed by atoms with Crippen molar-refractivity contribution >= 4 is 0 Å². The molecule has 3 rings (SSSR count). The van der Waals surface area contributed by atoms with Gasteiger partial charge in [0.15, 0.2) is 0 Å². The van der Waals surface area contributed by atoms with E-state index in [9.17, 15) is 0 Å². The van der Waals surface area contributed by atoms with Crippen LogP contribution >= 0.6 is 0 Å². The van der Waals surface area contributed by atoms with Crippen molar-refractivity contribution in [3.05, 3.63) is 60.1 Å². The fraction of sp³-hybridized carbons (Fsp3) is 0.0625. The summed E-state index contributed by atoms with van der Waals surface area (Å²) in [7, 11) is 0. The van der Waals surface area contributed by atoms with Gasteiger partial charge in [0.1, 0.15) is 23.2 Å². The minimum atomic E-state index is 0.393. The maximum atomic E-state index is 8.80. The van der Waals surface area contributed by atoms with E-state index < -0.39 is 0 Å². The molecule has 0 aliphatic carbocycles. The van der Waals surface area contributed by atoms with Crippen LogP contribution in [0.5, 0.6) is 0 Å². The predicted molar refractivity (Wildman–Crippen MR) is 74.6 cm³/mol. The fourth-order valence-electron chi connectivity index (χ4n) is 2.11. The van der Waals surface area contributed by atoms with Gasteiger partial charge in [0.25, 0.3) is 0 Å². The van der Waals surface area contributed by atoms with Crippen LogP contribution < -0.4 is 0 Å². The van der Waals surface area contributed by atoms with Gasteiger partial charge in [-0.1, -0.05) is 35.5 Å². The molecule has 2 aromatic heterocycles. The van der Waals surface area contributed by atoms with Crippen LogP contribution in [0.3, 0.4) is 0 Å². The zero-order valence-electron chi connectivity index (χ0n) is 10.9. The second-order valence-corrected chi connectivity index (χ2v) is 4.37. The molecule has 0 amide bonds. The molecule has 0 atom stereocenters. The Hall–Kier alpha value is -2.93. The van der Waals surface area contributed by atoms with E-state index in [1.54, 1.807) is 12.3 Å². The van der Waals surface area contributed by atoms with E-state index in [0.717, 1.165) is 28.1 Å². The van der Waals surface area contributed by atoms with Crippen LogP contribution in [0.15, 0.2) is 53.2 Å². The monoisotopic (exact) mass is 261 g/mol. The zero-order chi connectivity index (χ0) is 13.9. The van der Waals surface area contributed by atoms with Crippen molar-refractivity contribution < 1.29 is 4.52 Å². The highest BCUT2D eigenvalue weighted by atomic mass is 16.5. The molecule has 0 bridgehead atoms. The molecule has 0 unspecified atom stereocenters. The number of benzene rings is 1. The Bertz CT molecular complexity index is 768. The maximum absolute atomic E-state index is 8.80. The number of hydrogen-bond acceptors (Lipinski definition) is 4. The van der Waals surface area contributed by atoms with Gasteiger partial charge < -0.3 is 4.52 Å². The van der Waals surface area contributed by atoms with Gasteiger partial charge in [-0.2, -0.15) is 5.26 Å². The Morgan fingerprint density at radius 3 is 2.50 bits per heavy atom. The van der Waals surface area contributed by atoms with Gasteiger partial charge in [0, 0.05) is 17.3 Å². The highest BCUT2D eigenvalue weighted by Gasteiger charge is 2.16. The van der Waals surface area contributed by atoms with Crippen molar-refractivity contribution in [2.45, 2.75) is 6.92 Å².